The number of thiophene rings is 1. The van der Waals surface area contributed by atoms with Crippen molar-refractivity contribution in [2.75, 3.05) is 26.2 Å². The van der Waals surface area contributed by atoms with Crippen LogP contribution in [0.4, 0.5) is 4.39 Å². The zero-order chi connectivity index (χ0) is 25.1. The largest absolute Gasteiger partial charge is 0.346 e. The lowest BCUT2D eigenvalue weighted by molar-refractivity contribution is 0.0199. The smallest absolute Gasteiger partial charge is 0.265 e. The number of benzene rings is 1. The maximum Gasteiger partial charge on any atom is 0.265 e. The van der Waals surface area contributed by atoms with Crippen LogP contribution in [0, 0.1) is 5.82 Å². The van der Waals surface area contributed by atoms with Gasteiger partial charge in [0.05, 0.1) is 23.0 Å². The Kier molecular flexibility index (Phi) is 5.49. The minimum absolute atomic E-state index is 0.0585. The van der Waals surface area contributed by atoms with E-state index in [9.17, 15) is 9.18 Å². The summed E-state index contributed by atoms with van der Waals surface area (Å²) in [4.78, 5) is 29.9. The molecule has 2 saturated heterocycles. The van der Waals surface area contributed by atoms with Gasteiger partial charge in [-0.25, -0.2) is 14.4 Å². The van der Waals surface area contributed by atoms with E-state index in [1.54, 1.807) is 12.4 Å². The van der Waals surface area contributed by atoms with Gasteiger partial charge in [-0.2, -0.15) is 5.10 Å². The van der Waals surface area contributed by atoms with E-state index in [1.807, 2.05) is 28.0 Å². The van der Waals surface area contributed by atoms with Crippen LogP contribution in [0.5, 0.6) is 0 Å². The lowest BCUT2D eigenvalue weighted by Gasteiger charge is -2.47. The number of amides is 1. The number of piperidine rings is 1. The highest BCUT2D eigenvalue weighted by Gasteiger charge is 2.37. The number of halogens is 2. The first-order chi connectivity index (χ1) is 18.0. The van der Waals surface area contributed by atoms with Crippen LogP contribution in [0.25, 0.3) is 32.4 Å². The summed E-state index contributed by atoms with van der Waals surface area (Å²) in [6, 6.07) is 7.22. The number of fused-ring (bicyclic) bond motifs is 2. The summed E-state index contributed by atoms with van der Waals surface area (Å²) in [5, 5.41) is 6.77. The van der Waals surface area contributed by atoms with Gasteiger partial charge in [0.25, 0.3) is 5.91 Å². The van der Waals surface area contributed by atoms with E-state index in [0.29, 0.717) is 39.8 Å². The molecule has 0 bridgehead atoms. The molecule has 6 heterocycles. The third-order valence-electron chi connectivity index (χ3n) is 7.55. The van der Waals surface area contributed by atoms with E-state index >= 15 is 0 Å². The maximum absolute atomic E-state index is 13.6. The van der Waals surface area contributed by atoms with Crippen LogP contribution in [0.3, 0.4) is 0 Å². The number of aromatic amines is 1. The molecule has 188 valence electrons. The van der Waals surface area contributed by atoms with Crippen LogP contribution in [0.1, 0.15) is 28.6 Å². The Bertz CT molecular complexity index is 1630. The molecule has 0 radical (unpaired) electrons. The number of likely N-dealkylation sites (tertiary alicyclic amines) is 2. The number of nitrogens with one attached hydrogen (secondary N) is 1. The van der Waals surface area contributed by atoms with Gasteiger partial charge in [0, 0.05) is 65.7 Å². The average Bonchev–Trinajstić information content (AvgIpc) is 3.62. The first-order valence-corrected chi connectivity index (χ1v) is 13.5. The van der Waals surface area contributed by atoms with Crippen LogP contribution in [0.15, 0.2) is 49.2 Å². The third-order valence-corrected chi connectivity index (χ3v) is 9.19. The second kappa shape index (κ2) is 8.90. The first-order valence-electron chi connectivity index (χ1n) is 12.3. The molecule has 8 nitrogen and oxygen atoms in total. The van der Waals surface area contributed by atoms with Gasteiger partial charge >= 0.3 is 0 Å². The zero-order valence-electron chi connectivity index (χ0n) is 19.8. The van der Waals surface area contributed by atoms with E-state index in [0.717, 1.165) is 53.6 Å². The number of aromatic nitrogens is 5. The van der Waals surface area contributed by atoms with Gasteiger partial charge < -0.3 is 9.88 Å². The monoisotopic (exact) mass is 535 g/mol. The van der Waals surface area contributed by atoms with E-state index in [1.165, 1.54) is 23.5 Å². The molecule has 1 amide bonds. The van der Waals surface area contributed by atoms with Crippen molar-refractivity contribution in [2.45, 2.75) is 24.9 Å². The highest BCUT2D eigenvalue weighted by molar-refractivity contribution is 7.21. The number of hydrogen-bond acceptors (Lipinski definition) is 6. The van der Waals surface area contributed by atoms with Gasteiger partial charge in [-0.1, -0.05) is 11.6 Å². The van der Waals surface area contributed by atoms with Gasteiger partial charge in [0.2, 0.25) is 0 Å². The molecule has 5 aromatic rings. The Labute approximate surface area is 220 Å². The van der Waals surface area contributed by atoms with Crippen LogP contribution in [-0.4, -0.2) is 72.7 Å². The molecule has 1 N–H and O–H groups in total. The van der Waals surface area contributed by atoms with E-state index < -0.39 is 0 Å². The molecular weight excluding hydrogens is 513 g/mol. The minimum atomic E-state index is -0.323. The summed E-state index contributed by atoms with van der Waals surface area (Å²) in [5.41, 5.74) is 2.69. The summed E-state index contributed by atoms with van der Waals surface area (Å²) >= 11 is 7.76. The quantitative estimate of drug-likeness (QED) is 0.350. The molecule has 11 heteroatoms. The predicted octanol–water partition coefficient (Wildman–Crippen LogP) is 4.99. The summed E-state index contributed by atoms with van der Waals surface area (Å²) in [7, 11) is 0. The number of carbonyl (C=O) groups is 1. The Balaban J connectivity index is 0.969. The third kappa shape index (κ3) is 3.91. The second-order valence-corrected chi connectivity index (χ2v) is 11.1. The van der Waals surface area contributed by atoms with Gasteiger partial charge in [-0.05, 0) is 37.1 Å². The second-order valence-electron chi connectivity index (χ2n) is 9.69. The fourth-order valence-electron chi connectivity index (χ4n) is 5.47. The van der Waals surface area contributed by atoms with Crippen molar-refractivity contribution >= 4 is 50.0 Å². The first kappa shape index (κ1) is 22.8. The number of hydrogen-bond donors (Lipinski definition) is 1. The molecule has 7 rings (SSSR count). The van der Waals surface area contributed by atoms with Crippen molar-refractivity contribution in [3.63, 3.8) is 0 Å². The molecule has 0 atom stereocenters. The molecule has 0 spiro atoms. The number of rotatable bonds is 4. The summed E-state index contributed by atoms with van der Waals surface area (Å²) in [5.74, 6) is -0.381. The normalized spacial score (nSPS) is 17.6. The van der Waals surface area contributed by atoms with Gasteiger partial charge in [-0.3, -0.25) is 14.4 Å². The standard InChI is InChI=1S/C26H23ClFN7OS/c27-22-19-2-1-16(28)9-21(19)37-24(22)26(36)33-7-4-17(5-8-33)34-12-18(13-34)35-11-15(10-32-35)23-20-3-6-29-25(20)31-14-30-23/h1-3,6,9-11,14,17-18H,4-5,7-8,12-13H2,(H,29,30,31). The van der Waals surface area contributed by atoms with E-state index in [-0.39, 0.29) is 11.7 Å². The SMILES string of the molecule is O=C(c1sc2cc(F)ccc2c1Cl)N1CCC(N2CC(n3cc(-c4ncnc5[nH]ccc45)cn3)C2)CC1. The summed E-state index contributed by atoms with van der Waals surface area (Å²) in [6.45, 7) is 3.26. The van der Waals surface area contributed by atoms with Crippen molar-refractivity contribution in [3.05, 3.63) is 64.9 Å². The number of carbonyl (C=O) groups excluding carboxylic acids is 1. The summed E-state index contributed by atoms with van der Waals surface area (Å²) < 4.78 is 16.3. The van der Waals surface area contributed by atoms with Gasteiger partial charge in [-0.15, -0.1) is 11.3 Å². The molecule has 0 unspecified atom stereocenters. The predicted molar refractivity (Wildman–Crippen MR) is 141 cm³/mol. The molecule has 2 fully saturated rings. The van der Waals surface area contributed by atoms with Crippen LogP contribution < -0.4 is 0 Å². The lowest BCUT2D eigenvalue weighted by Crippen LogP contribution is -2.56. The van der Waals surface area contributed by atoms with Gasteiger partial charge in [0.15, 0.2) is 0 Å². The van der Waals surface area contributed by atoms with Crippen molar-refractivity contribution in [1.29, 1.82) is 0 Å². The molecule has 1 aromatic carbocycles. The van der Waals surface area contributed by atoms with Crippen molar-refractivity contribution < 1.29 is 9.18 Å². The fourth-order valence-corrected chi connectivity index (χ4v) is 6.97. The minimum Gasteiger partial charge on any atom is -0.346 e. The Hall–Kier alpha value is -3.34. The molecule has 0 aliphatic carbocycles. The molecule has 37 heavy (non-hydrogen) atoms. The van der Waals surface area contributed by atoms with E-state index in [2.05, 4.69) is 31.1 Å². The summed E-state index contributed by atoms with van der Waals surface area (Å²) in [6.07, 6.45) is 9.23. The van der Waals surface area contributed by atoms with Crippen LogP contribution in [-0.2, 0) is 0 Å². The Morgan fingerprint density at radius 1 is 1.11 bits per heavy atom. The molecular formula is C26H23ClFN7OS. The Morgan fingerprint density at radius 2 is 1.95 bits per heavy atom. The number of nitrogens with zero attached hydrogens (tertiary/aromatic N) is 6. The van der Waals surface area contributed by atoms with Crippen molar-refractivity contribution in [1.82, 2.24) is 34.5 Å². The zero-order valence-corrected chi connectivity index (χ0v) is 21.3. The molecule has 2 aliphatic rings. The van der Waals surface area contributed by atoms with E-state index in [4.69, 9.17) is 11.6 Å². The maximum atomic E-state index is 13.6. The van der Waals surface area contributed by atoms with Crippen LogP contribution in [0.2, 0.25) is 5.02 Å². The average molecular weight is 536 g/mol. The molecule has 0 saturated carbocycles. The van der Waals surface area contributed by atoms with Crippen LogP contribution >= 0.6 is 22.9 Å². The van der Waals surface area contributed by atoms with Gasteiger partial charge in [0.1, 0.15) is 22.7 Å². The number of H-pyrrole nitrogens is 1. The Morgan fingerprint density at radius 3 is 2.78 bits per heavy atom. The lowest BCUT2D eigenvalue weighted by atomic mass is 9.97. The highest BCUT2D eigenvalue weighted by Crippen LogP contribution is 2.37. The van der Waals surface area contributed by atoms with Crippen molar-refractivity contribution in [3.8, 4) is 11.3 Å². The molecule has 2 aliphatic heterocycles. The fraction of sp³-hybridized carbons (Fsp3) is 0.308. The van der Waals surface area contributed by atoms with Crippen molar-refractivity contribution in [2.24, 2.45) is 0 Å². The highest BCUT2D eigenvalue weighted by atomic mass is 35.5. The molecule has 4 aromatic heterocycles. The topological polar surface area (TPSA) is 82.9 Å².